The van der Waals surface area contributed by atoms with Crippen molar-refractivity contribution >= 4 is 56.5 Å². The van der Waals surface area contributed by atoms with Gasteiger partial charge in [0, 0.05) is 10.6 Å². The number of thiophene rings is 1. The number of carbonyl (C=O) groups is 1. The molecule has 3 aromatic rings. The van der Waals surface area contributed by atoms with E-state index in [1.165, 1.54) is 41.3 Å². The lowest BCUT2D eigenvalue weighted by molar-refractivity contribution is -0.115. The Balaban J connectivity index is 1.63. The van der Waals surface area contributed by atoms with E-state index in [2.05, 4.69) is 20.0 Å². The summed E-state index contributed by atoms with van der Waals surface area (Å²) in [6.45, 7) is 2.57. The van der Waals surface area contributed by atoms with Gasteiger partial charge in [0.15, 0.2) is 0 Å². The number of thioether (sulfide) groups is 1. The Morgan fingerprint density at radius 3 is 2.80 bits per heavy atom. The lowest BCUT2D eigenvalue weighted by Crippen LogP contribution is -2.23. The largest absolute Gasteiger partial charge is 0.433 e. The van der Waals surface area contributed by atoms with Crippen molar-refractivity contribution in [2.45, 2.75) is 38.4 Å². The number of alkyl halides is 2. The van der Waals surface area contributed by atoms with Gasteiger partial charge in [0.2, 0.25) is 5.91 Å². The van der Waals surface area contributed by atoms with Gasteiger partial charge in [-0.25, -0.2) is 4.98 Å². The molecule has 11 heteroatoms. The van der Waals surface area contributed by atoms with Gasteiger partial charge in [-0.15, -0.1) is 23.1 Å². The standard InChI is InChI=1S/C19H18ClF2N3O3S2/c1-8-9(2)30-18-15(8)17(27)24-14(25-18)7-29-10(3)16(26)23-11-4-5-13(12(20)6-11)28-19(21)22/h4-6,10,19H,7H2,1-3H3,(H,23,26)(H,24,25,27). The number of anilines is 1. The summed E-state index contributed by atoms with van der Waals surface area (Å²) < 4.78 is 28.9. The highest BCUT2D eigenvalue weighted by molar-refractivity contribution is 7.99. The number of hydrogen-bond acceptors (Lipinski definition) is 6. The summed E-state index contributed by atoms with van der Waals surface area (Å²) in [5, 5.41) is 2.78. The number of aromatic amines is 1. The molecule has 2 heterocycles. The summed E-state index contributed by atoms with van der Waals surface area (Å²) in [6, 6.07) is 4.02. The highest BCUT2D eigenvalue weighted by atomic mass is 35.5. The molecular weight excluding hydrogens is 456 g/mol. The van der Waals surface area contributed by atoms with Crippen molar-refractivity contribution in [1.82, 2.24) is 9.97 Å². The number of benzene rings is 1. The number of amides is 1. The first-order valence-corrected chi connectivity index (χ1v) is 11.1. The van der Waals surface area contributed by atoms with E-state index >= 15 is 0 Å². The van der Waals surface area contributed by atoms with E-state index < -0.39 is 11.9 Å². The Labute approximate surface area is 184 Å². The molecule has 0 saturated carbocycles. The molecule has 6 nitrogen and oxygen atoms in total. The predicted molar refractivity (Wildman–Crippen MR) is 117 cm³/mol. The van der Waals surface area contributed by atoms with E-state index in [0.29, 0.717) is 27.5 Å². The minimum atomic E-state index is -2.99. The number of ether oxygens (including phenoxy) is 1. The van der Waals surface area contributed by atoms with Gasteiger partial charge < -0.3 is 15.0 Å². The summed E-state index contributed by atoms with van der Waals surface area (Å²) in [6.07, 6.45) is 0. The number of nitrogens with one attached hydrogen (secondary N) is 2. The highest BCUT2D eigenvalue weighted by Gasteiger charge is 2.17. The molecule has 2 aromatic heterocycles. The van der Waals surface area contributed by atoms with E-state index in [4.69, 9.17) is 11.6 Å². The van der Waals surface area contributed by atoms with E-state index in [1.807, 2.05) is 13.8 Å². The summed E-state index contributed by atoms with van der Waals surface area (Å²) in [4.78, 5) is 33.7. The van der Waals surface area contributed by atoms with Gasteiger partial charge in [0.1, 0.15) is 16.4 Å². The molecular formula is C19H18ClF2N3O3S2. The zero-order chi connectivity index (χ0) is 22.0. The Bertz CT molecular complexity index is 1150. The monoisotopic (exact) mass is 473 g/mol. The Morgan fingerprint density at radius 2 is 2.13 bits per heavy atom. The second-order valence-electron chi connectivity index (χ2n) is 6.44. The molecule has 0 aliphatic rings. The van der Waals surface area contributed by atoms with E-state index in [-0.39, 0.29) is 22.2 Å². The van der Waals surface area contributed by atoms with E-state index in [0.717, 1.165) is 10.4 Å². The van der Waals surface area contributed by atoms with Crippen LogP contribution in [0.25, 0.3) is 10.2 Å². The van der Waals surface area contributed by atoms with Crippen molar-refractivity contribution in [3.63, 3.8) is 0 Å². The molecule has 0 saturated heterocycles. The minimum Gasteiger partial charge on any atom is -0.433 e. The second-order valence-corrected chi connectivity index (χ2v) is 9.38. The molecule has 3 rings (SSSR count). The summed E-state index contributed by atoms with van der Waals surface area (Å²) in [7, 11) is 0. The summed E-state index contributed by atoms with van der Waals surface area (Å²) in [5.74, 6) is 0.369. The van der Waals surface area contributed by atoms with Crippen LogP contribution in [-0.2, 0) is 10.5 Å². The van der Waals surface area contributed by atoms with Gasteiger partial charge in [-0.2, -0.15) is 8.78 Å². The van der Waals surface area contributed by atoms with Crippen molar-refractivity contribution < 1.29 is 18.3 Å². The lowest BCUT2D eigenvalue weighted by Gasteiger charge is -2.13. The number of nitrogens with zero attached hydrogens (tertiary/aromatic N) is 1. The van der Waals surface area contributed by atoms with Crippen molar-refractivity contribution in [1.29, 1.82) is 0 Å². The van der Waals surface area contributed by atoms with Gasteiger partial charge in [0.25, 0.3) is 5.56 Å². The molecule has 0 spiro atoms. The zero-order valence-corrected chi connectivity index (χ0v) is 18.6. The van der Waals surface area contributed by atoms with Gasteiger partial charge in [-0.3, -0.25) is 9.59 Å². The quantitative estimate of drug-likeness (QED) is 0.497. The maximum absolute atomic E-state index is 12.4. The topological polar surface area (TPSA) is 84.1 Å². The second kappa shape index (κ2) is 9.32. The van der Waals surface area contributed by atoms with Crippen LogP contribution in [0.2, 0.25) is 5.02 Å². The molecule has 30 heavy (non-hydrogen) atoms. The maximum Gasteiger partial charge on any atom is 0.387 e. The number of fused-ring (bicyclic) bond motifs is 1. The van der Waals surface area contributed by atoms with E-state index in [1.54, 1.807) is 6.92 Å². The molecule has 1 unspecified atom stereocenters. The van der Waals surface area contributed by atoms with Crippen molar-refractivity contribution in [3.05, 3.63) is 49.8 Å². The van der Waals surface area contributed by atoms with Gasteiger partial charge in [0.05, 0.1) is 21.4 Å². The molecule has 0 fully saturated rings. The highest BCUT2D eigenvalue weighted by Crippen LogP contribution is 2.30. The fourth-order valence-corrected chi connectivity index (χ4v) is 4.69. The van der Waals surface area contributed by atoms with Gasteiger partial charge in [-0.1, -0.05) is 11.6 Å². The number of hydrogen-bond donors (Lipinski definition) is 2. The number of H-pyrrole nitrogens is 1. The third-order valence-electron chi connectivity index (χ3n) is 4.34. The van der Waals surface area contributed by atoms with Gasteiger partial charge >= 0.3 is 6.61 Å². The Hall–Kier alpha value is -2.17. The number of halogens is 3. The Kier molecular flexibility index (Phi) is 6.99. The normalized spacial score (nSPS) is 12.4. The van der Waals surface area contributed by atoms with Crippen LogP contribution in [0.4, 0.5) is 14.5 Å². The number of rotatable bonds is 7. The smallest absolute Gasteiger partial charge is 0.387 e. The first-order chi connectivity index (χ1) is 14.2. The van der Waals surface area contributed by atoms with Crippen LogP contribution in [0.3, 0.4) is 0 Å². The number of carbonyl (C=O) groups excluding carboxylic acids is 1. The van der Waals surface area contributed by atoms with Crippen LogP contribution in [0.5, 0.6) is 5.75 Å². The number of aromatic nitrogens is 2. The number of aryl methyl sites for hydroxylation is 2. The van der Waals surface area contributed by atoms with Crippen molar-refractivity contribution in [2.24, 2.45) is 0 Å². The first kappa shape index (κ1) is 22.5. The van der Waals surface area contributed by atoms with Crippen LogP contribution >= 0.6 is 34.7 Å². The molecule has 0 aliphatic carbocycles. The summed E-state index contributed by atoms with van der Waals surface area (Å²) >= 11 is 8.67. The van der Waals surface area contributed by atoms with Crippen molar-refractivity contribution in [2.75, 3.05) is 5.32 Å². The fraction of sp³-hybridized carbons (Fsp3) is 0.316. The fourth-order valence-electron chi connectivity index (χ4n) is 2.66. The SMILES string of the molecule is Cc1sc2nc(CSC(C)C(=O)Nc3ccc(OC(F)F)c(Cl)c3)[nH]c(=O)c2c1C. The maximum atomic E-state index is 12.4. The molecule has 1 atom stereocenters. The minimum absolute atomic E-state index is 0.0370. The lowest BCUT2D eigenvalue weighted by atomic mass is 10.2. The van der Waals surface area contributed by atoms with Gasteiger partial charge in [-0.05, 0) is 44.5 Å². The molecule has 0 radical (unpaired) electrons. The molecule has 160 valence electrons. The average Bonchev–Trinajstić information content (AvgIpc) is 2.95. The summed E-state index contributed by atoms with van der Waals surface area (Å²) in [5.41, 5.74) is 1.10. The average molecular weight is 474 g/mol. The van der Waals surface area contributed by atoms with Crippen molar-refractivity contribution in [3.8, 4) is 5.75 Å². The van der Waals surface area contributed by atoms with Crippen LogP contribution in [0.1, 0.15) is 23.2 Å². The van der Waals surface area contributed by atoms with Crippen LogP contribution in [-0.4, -0.2) is 27.7 Å². The van der Waals surface area contributed by atoms with Crippen LogP contribution in [0, 0.1) is 13.8 Å². The third-order valence-corrected chi connectivity index (χ3v) is 6.89. The van der Waals surface area contributed by atoms with Crippen LogP contribution < -0.4 is 15.6 Å². The molecule has 1 aromatic carbocycles. The van der Waals surface area contributed by atoms with E-state index in [9.17, 15) is 18.4 Å². The predicted octanol–water partition coefficient (Wildman–Crippen LogP) is 5.12. The first-order valence-electron chi connectivity index (χ1n) is 8.81. The molecule has 2 N–H and O–H groups in total. The molecule has 0 bridgehead atoms. The molecule has 1 amide bonds. The Morgan fingerprint density at radius 1 is 1.40 bits per heavy atom. The van der Waals surface area contributed by atoms with Crippen LogP contribution in [0.15, 0.2) is 23.0 Å². The molecule has 0 aliphatic heterocycles. The third kappa shape index (κ3) is 5.11. The zero-order valence-electron chi connectivity index (χ0n) is 16.2.